The van der Waals surface area contributed by atoms with Crippen molar-refractivity contribution in [2.45, 2.75) is 52.0 Å². The first-order chi connectivity index (χ1) is 11.0. The predicted octanol–water partition coefficient (Wildman–Crippen LogP) is 3.33. The number of hydrogen-bond donors (Lipinski definition) is 1. The van der Waals surface area contributed by atoms with E-state index in [0.717, 1.165) is 36.2 Å². The number of nitrogens with one attached hydrogen (secondary N) is 1. The highest BCUT2D eigenvalue weighted by molar-refractivity contribution is 5.84. The van der Waals surface area contributed by atoms with E-state index in [2.05, 4.69) is 34.7 Å². The van der Waals surface area contributed by atoms with Gasteiger partial charge in [-0.3, -0.25) is 9.48 Å². The highest BCUT2D eigenvalue weighted by Gasteiger charge is 2.27. The standard InChI is InChI=1S/C19H25N3O/c1-12(18-13(2)21-22(4)14(18)3)19(23)20-17-11-7-9-15-8-5-6-10-16(15)17/h5-6,8,10,12,17H,7,9,11H2,1-4H3,(H,20,23)/t12-,17+/m0/s1. The van der Waals surface area contributed by atoms with Crippen LogP contribution in [0, 0.1) is 13.8 Å². The molecule has 0 aliphatic heterocycles. The molecule has 1 heterocycles. The fourth-order valence-corrected chi connectivity index (χ4v) is 3.75. The van der Waals surface area contributed by atoms with E-state index in [4.69, 9.17) is 0 Å². The first-order valence-electron chi connectivity index (χ1n) is 8.37. The monoisotopic (exact) mass is 311 g/mol. The average Bonchev–Trinajstić information content (AvgIpc) is 2.79. The van der Waals surface area contributed by atoms with Crippen molar-refractivity contribution in [1.82, 2.24) is 15.1 Å². The van der Waals surface area contributed by atoms with Crippen molar-refractivity contribution in [1.29, 1.82) is 0 Å². The molecule has 1 aliphatic carbocycles. The van der Waals surface area contributed by atoms with E-state index in [0.29, 0.717) is 0 Å². The Labute approximate surface area is 137 Å². The Morgan fingerprint density at radius 3 is 2.78 bits per heavy atom. The third-order valence-corrected chi connectivity index (χ3v) is 5.08. The molecule has 1 aliphatic rings. The smallest absolute Gasteiger partial charge is 0.227 e. The second-order valence-electron chi connectivity index (χ2n) is 6.58. The molecule has 4 nitrogen and oxygen atoms in total. The molecule has 0 radical (unpaired) electrons. The van der Waals surface area contributed by atoms with E-state index in [1.165, 1.54) is 11.1 Å². The molecule has 3 rings (SSSR count). The second kappa shape index (κ2) is 6.19. The third-order valence-electron chi connectivity index (χ3n) is 5.08. The number of aryl methyl sites for hydroxylation is 3. The largest absolute Gasteiger partial charge is 0.349 e. The predicted molar refractivity (Wildman–Crippen MR) is 91.4 cm³/mol. The number of hydrogen-bond acceptors (Lipinski definition) is 2. The van der Waals surface area contributed by atoms with Crippen molar-refractivity contribution in [2.24, 2.45) is 7.05 Å². The van der Waals surface area contributed by atoms with Gasteiger partial charge in [0.05, 0.1) is 17.7 Å². The molecular formula is C19H25N3O. The van der Waals surface area contributed by atoms with Crippen LogP contribution < -0.4 is 5.32 Å². The lowest BCUT2D eigenvalue weighted by Gasteiger charge is -2.27. The number of carbonyl (C=O) groups excluding carboxylic acids is 1. The summed E-state index contributed by atoms with van der Waals surface area (Å²) in [4.78, 5) is 12.8. The minimum atomic E-state index is -0.183. The summed E-state index contributed by atoms with van der Waals surface area (Å²) in [6.45, 7) is 5.97. The van der Waals surface area contributed by atoms with Crippen LogP contribution in [-0.2, 0) is 18.3 Å². The van der Waals surface area contributed by atoms with Gasteiger partial charge in [0, 0.05) is 18.3 Å². The van der Waals surface area contributed by atoms with Crippen molar-refractivity contribution >= 4 is 5.91 Å². The van der Waals surface area contributed by atoms with Gasteiger partial charge in [-0.25, -0.2) is 0 Å². The molecule has 1 N–H and O–H groups in total. The van der Waals surface area contributed by atoms with Gasteiger partial charge in [0.2, 0.25) is 5.91 Å². The molecule has 0 saturated carbocycles. The summed E-state index contributed by atoms with van der Waals surface area (Å²) >= 11 is 0. The molecule has 1 aromatic carbocycles. The maximum absolute atomic E-state index is 12.8. The van der Waals surface area contributed by atoms with E-state index in [9.17, 15) is 4.79 Å². The van der Waals surface area contributed by atoms with Crippen LogP contribution in [0.4, 0.5) is 0 Å². The molecule has 0 bridgehead atoms. The van der Waals surface area contributed by atoms with Crippen LogP contribution >= 0.6 is 0 Å². The molecule has 0 fully saturated rings. The van der Waals surface area contributed by atoms with Crippen molar-refractivity contribution in [3.8, 4) is 0 Å². The number of nitrogens with zero attached hydrogens (tertiary/aromatic N) is 2. The van der Waals surface area contributed by atoms with Gasteiger partial charge < -0.3 is 5.32 Å². The van der Waals surface area contributed by atoms with Crippen LogP contribution in [0.3, 0.4) is 0 Å². The molecule has 4 heteroatoms. The number of carbonyl (C=O) groups is 1. The number of fused-ring (bicyclic) bond motifs is 1. The van der Waals surface area contributed by atoms with E-state index >= 15 is 0 Å². The topological polar surface area (TPSA) is 46.9 Å². The van der Waals surface area contributed by atoms with Crippen LogP contribution in [0.5, 0.6) is 0 Å². The zero-order chi connectivity index (χ0) is 16.6. The lowest BCUT2D eigenvalue weighted by molar-refractivity contribution is -0.123. The molecule has 23 heavy (non-hydrogen) atoms. The maximum Gasteiger partial charge on any atom is 0.227 e. The van der Waals surface area contributed by atoms with Gasteiger partial charge in [0.25, 0.3) is 0 Å². The summed E-state index contributed by atoms with van der Waals surface area (Å²) in [5, 5.41) is 7.69. The Kier molecular flexibility index (Phi) is 4.24. The minimum Gasteiger partial charge on any atom is -0.349 e. The third kappa shape index (κ3) is 2.90. The Bertz CT molecular complexity index is 732. The highest BCUT2D eigenvalue weighted by Crippen LogP contribution is 2.31. The van der Waals surface area contributed by atoms with Gasteiger partial charge in [0.15, 0.2) is 0 Å². The van der Waals surface area contributed by atoms with Crippen LogP contribution in [0.15, 0.2) is 24.3 Å². The van der Waals surface area contributed by atoms with Crippen LogP contribution in [0.25, 0.3) is 0 Å². The summed E-state index contributed by atoms with van der Waals surface area (Å²) in [7, 11) is 1.92. The minimum absolute atomic E-state index is 0.0888. The molecule has 1 amide bonds. The number of benzene rings is 1. The molecular weight excluding hydrogens is 286 g/mol. The Morgan fingerprint density at radius 2 is 2.09 bits per heavy atom. The molecule has 2 aromatic rings. The lowest BCUT2D eigenvalue weighted by Crippen LogP contribution is -2.34. The van der Waals surface area contributed by atoms with Gasteiger partial charge >= 0.3 is 0 Å². The van der Waals surface area contributed by atoms with Crippen molar-refractivity contribution < 1.29 is 4.79 Å². The molecule has 0 unspecified atom stereocenters. The van der Waals surface area contributed by atoms with Crippen molar-refractivity contribution in [3.05, 3.63) is 52.3 Å². The van der Waals surface area contributed by atoms with Crippen LogP contribution in [0.2, 0.25) is 0 Å². The SMILES string of the molecule is Cc1nn(C)c(C)c1[C@H](C)C(=O)N[C@@H]1CCCc2ccccc21. The zero-order valence-corrected chi connectivity index (χ0v) is 14.4. The highest BCUT2D eigenvalue weighted by atomic mass is 16.1. The van der Waals surface area contributed by atoms with Crippen molar-refractivity contribution in [2.75, 3.05) is 0 Å². The first-order valence-corrected chi connectivity index (χ1v) is 8.37. The molecule has 1 aromatic heterocycles. The summed E-state index contributed by atoms with van der Waals surface area (Å²) in [6, 6.07) is 8.58. The van der Waals surface area contributed by atoms with Gasteiger partial charge in [0.1, 0.15) is 0 Å². The Morgan fingerprint density at radius 1 is 1.35 bits per heavy atom. The summed E-state index contributed by atoms with van der Waals surface area (Å²) in [5.41, 5.74) is 5.70. The average molecular weight is 311 g/mol. The second-order valence-corrected chi connectivity index (χ2v) is 6.58. The summed E-state index contributed by atoms with van der Waals surface area (Å²) < 4.78 is 1.85. The summed E-state index contributed by atoms with van der Waals surface area (Å²) in [6.07, 6.45) is 3.25. The molecule has 122 valence electrons. The Hall–Kier alpha value is -2.10. The molecule has 2 atom stereocenters. The molecule has 0 spiro atoms. The van der Waals surface area contributed by atoms with E-state index < -0.39 is 0 Å². The van der Waals surface area contributed by atoms with E-state index in [1.54, 1.807) is 0 Å². The number of rotatable bonds is 3. The lowest BCUT2D eigenvalue weighted by atomic mass is 9.87. The van der Waals surface area contributed by atoms with E-state index in [-0.39, 0.29) is 17.9 Å². The number of aromatic nitrogens is 2. The van der Waals surface area contributed by atoms with Crippen LogP contribution in [-0.4, -0.2) is 15.7 Å². The normalized spacial score (nSPS) is 18.3. The maximum atomic E-state index is 12.8. The van der Waals surface area contributed by atoms with Crippen LogP contribution in [0.1, 0.15) is 59.8 Å². The first kappa shape index (κ1) is 15.8. The van der Waals surface area contributed by atoms with E-state index in [1.807, 2.05) is 32.5 Å². The fourth-order valence-electron chi connectivity index (χ4n) is 3.75. The zero-order valence-electron chi connectivity index (χ0n) is 14.4. The van der Waals surface area contributed by atoms with Gasteiger partial charge in [-0.1, -0.05) is 24.3 Å². The van der Waals surface area contributed by atoms with Gasteiger partial charge in [-0.15, -0.1) is 0 Å². The van der Waals surface area contributed by atoms with Gasteiger partial charge in [-0.2, -0.15) is 5.10 Å². The molecule has 0 saturated heterocycles. The quantitative estimate of drug-likeness (QED) is 0.945. The fraction of sp³-hybridized carbons (Fsp3) is 0.474. The summed E-state index contributed by atoms with van der Waals surface area (Å²) in [5.74, 6) is -0.0938. The number of amides is 1. The Balaban J connectivity index is 1.80. The van der Waals surface area contributed by atoms with Gasteiger partial charge in [-0.05, 0) is 51.2 Å². The van der Waals surface area contributed by atoms with Crippen molar-refractivity contribution in [3.63, 3.8) is 0 Å².